The van der Waals surface area contributed by atoms with Crippen LogP contribution < -0.4 is 0 Å². The summed E-state index contributed by atoms with van der Waals surface area (Å²) in [5.41, 5.74) is 15.6. The standard InChI is InChI=1S/C55H34N2O/c1-3-15-35(16-4-1)55(36-17-5-2-6-18-36)47-33-37(56-49-23-11-7-19-41(49)42-20-8-12-24-50(42)56)27-29-39(47)40-30-28-38(34-48(40)55)57-51-25-13-9-21-43(51)45-31-32-46-44-22-10-14-26-52(44)58-54(46)53(45)57/h1-34H. The van der Waals surface area contributed by atoms with E-state index in [0.29, 0.717) is 0 Å². The van der Waals surface area contributed by atoms with Gasteiger partial charge in [0.05, 0.1) is 27.5 Å². The Hall–Kier alpha value is -7.62. The molecule has 3 heterocycles. The quantitative estimate of drug-likeness (QED) is 0.176. The van der Waals surface area contributed by atoms with Crippen LogP contribution in [0.25, 0.3) is 88.1 Å². The number of aromatic nitrogens is 2. The summed E-state index contributed by atoms with van der Waals surface area (Å²) in [5, 5.41) is 7.16. The lowest BCUT2D eigenvalue weighted by Gasteiger charge is -2.34. The predicted molar refractivity (Wildman–Crippen MR) is 240 cm³/mol. The van der Waals surface area contributed by atoms with Crippen LogP contribution in [-0.2, 0) is 5.41 Å². The summed E-state index contributed by atoms with van der Waals surface area (Å²) in [6.07, 6.45) is 0. The third-order valence-corrected chi connectivity index (χ3v) is 12.8. The molecule has 13 rings (SSSR count). The zero-order chi connectivity index (χ0) is 38.0. The zero-order valence-corrected chi connectivity index (χ0v) is 31.4. The summed E-state index contributed by atoms with van der Waals surface area (Å²) in [4.78, 5) is 0. The van der Waals surface area contributed by atoms with Crippen LogP contribution in [0.1, 0.15) is 22.3 Å². The molecule has 1 aliphatic carbocycles. The minimum Gasteiger partial charge on any atom is -0.454 e. The molecule has 0 unspecified atom stereocenters. The van der Waals surface area contributed by atoms with Crippen LogP contribution in [0.5, 0.6) is 0 Å². The molecular formula is C55H34N2O. The Bertz CT molecular complexity index is 3530. The van der Waals surface area contributed by atoms with Crippen molar-refractivity contribution in [3.63, 3.8) is 0 Å². The average Bonchev–Trinajstić information content (AvgIpc) is 4.02. The monoisotopic (exact) mass is 738 g/mol. The first-order chi connectivity index (χ1) is 28.8. The number of hydrogen-bond acceptors (Lipinski definition) is 1. The maximum atomic E-state index is 6.77. The molecular weight excluding hydrogens is 705 g/mol. The van der Waals surface area contributed by atoms with Gasteiger partial charge in [-0.3, -0.25) is 0 Å². The summed E-state index contributed by atoms with van der Waals surface area (Å²) in [6, 6.07) is 75.7. The molecule has 3 aromatic heterocycles. The molecule has 9 aromatic carbocycles. The Morgan fingerprint density at radius 1 is 0.345 bits per heavy atom. The number of benzene rings is 9. The number of furan rings is 1. The van der Waals surface area contributed by atoms with Crippen molar-refractivity contribution in [3.05, 3.63) is 229 Å². The Labute approximate surface area is 334 Å². The lowest BCUT2D eigenvalue weighted by Crippen LogP contribution is -2.28. The van der Waals surface area contributed by atoms with E-state index in [2.05, 4.69) is 215 Å². The van der Waals surface area contributed by atoms with E-state index in [1.54, 1.807) is 0 Å². The van der Waals surface area contributed by atoms with Gasteiger partial charge in [-0.1, -0.05) is 152 Å². The Kier molecular flexibility index (Phi) is 6.37. The number of para-hydroxylation sites is 4. The maximum absolute atomic E-state index is 6.77. The lowest BCUT2D eigenvalue weighted by molar-refractivity contribution is 0.671. The topological polar surface area (TPSA) is 23.0 Å². The summed E-state index contributed by atoms with van der Waals surface area (Å²) in [6.45, 7) is 0. The molecule has 3 heteroatoms. The van der Waals surface area contributed by atoms with Gasteiger partial charge < -0.3 is 13.6 Å². The molecule has 1 aliphatic rings. The fourth-order valence-electron chi connectivity index (χ4n) is 10.4. The van der Waals surface area contributed by atoms with Crippen LogP contribution >= 0.6 is 0 Å². The van der Waals surface area contributed by atoms with E-state index >= 15 is 0 Å². The molecule has 58 heavy (non-hydrogen) atoms. The smallest absolute Gasteiger partial charge is 0.160 e. The molecule has 0 N–H and O–H groups in total. The van der Waals surface area contributed by atoms with Crippen molar-refractivity contribution in [1.29, 1.82) is 0 Å². The van der Waals surface area contributed by atoms with Gasteiger partial charge in [0.1, 0.15) is 5.58 Å². The normalized spacial score (nSPS) is 13.3. The maximum Gasteiger partial charge on any atom is 0.160 e. The highest BCUT2D eigenvalue weighted by molar-refractivity contribution is 6.21. The molecule has 12 aromatic rings. The van der Waals surface area contributed by atoms with Gasteiger partial charge in [0.15, 0.2) is 5.58 Å². The highest BCUT2D eigenvalue weighted by Crippen LogP contribution is 2.57. The van der Waals surface area contributed by atoms with Gasteiger partial charge in [0, 0.05) is 43.7 Å². The molecule has 0 saturated heterocycles. The van der Waals surface area contributed by atoms with Gasteiger partial charge >= 0.3 is 0 Å². The predicted octanol–water partition coefficient (Wildman–Crippen LogP) is 14.1. The fourth-order valence-corrected chi connectivity index (χ4v) is 10.4. The Morgan fingerprint density at radius 2 is 0.793 bits per heavy atom. The third-order valence-electron chi connectivity index (χ3n) is 12.8. The largest absolute Gasteiger partial charge is 0.454 e. The summed E-state index contributed by atoms with van der Waals surface area (Å²) >= 11 is 0. The van der Waals surface area contributed by atoms with Crippen molar-refractivity contribution in [2.45, 2.75) is 5.41 Å². The van der Waals surface area contributed by atoms with Crippen LogP contribution in [0.4, 0.5) is 0 Å². The molecule has 0 aliphatic heterocycles. The molecule has 0 saturated carbocycles. The van der Waals surface area contributed by atoms with Crippen LogP contribution in [0.3, 0.4) is 0 Å². The van der Waals surface area contributed by atoms with Crippen molar-refractivity contribution in [2.75, 3.05) is 0 Å². The van der Waals surface area contributed by atoms with Gasteiger partial charge in [-0.15, -0.1) is 0 Å². The van der Waals surface area contributed by atoms with E-state index in [9.17, 15) is 0 Å². The summed E-state index contributed by atoms with van der Waals surface area (Å²) in [7, 11) is 0. The van der Waals surface area contributed by atoms with E-state index in [1.165, 1.54) is 66.0 Å². The van der Waals surface area contributed by atoms with Crippen LogP contribution in [0.2, 0.25) is 0 Å². The second-order valence-electron chi connectivity index (χ2n) is 15.6. The van der Waals surface area contributed by atoms with Gasteiger partial charge in [0.2, 0.25) is 0 Å². The van der Waals surface area contributed by atoms with Gasteiger partial charge in [-0.25, -0.2) is 0 Å². The highest BCUT2D eigenvalue weighted by Gasteiger charge is 2.46. The van der Waals surface area contributed by atoms with Gasteiger partial charge in [-0.05, 0) is 88.0 Å². The minimum atomic E-state index is -0.606. The van der Waals surface area contributed by atoms with E-state index in [4.69, 9.17) is 4.42 Å². The minimum absolute atomic E-state index is 0.606. The van der Waals surface area contributed by atoms with Crippen LogP contribution in [0, 0.1) is 0 Å². The van der Waals surface area contributed by atoms with Crippen molar-refractivity contribution in [2.24, 2.45) is 0 Å². The van der Waals surface area contributed by atoms with Crippen molar-refractivity contribution < 1.29 is 4.42 Å². The zero-order valence-electron chi connectivity index (χ0n) is 31.4. The Balaban J connectivity index is 1.14. The highest BCUT2D eigenvalue weighted by atomic mass is 16.3. The first-order valence-corrected chi connectivity index (χ1v) is 20.0. The fraction of sp³-hybridized carbons (Fsp3) is 0.0182. The van der Waals surface area contributed by atoms with Crippen molar-refractivity contribution >= 4 is 65.6 Å². The SMILES string of the molecule is c1ccc(C2(c3ccccc3)c3cc(-n4c5ccccc5c5ccccc54)ccc3-c3ccc(-n4c5ccccc5c5ccc6c7ccccc7oc6c54)cc32)cc1. The van der Waals surface area contributed by atoms with Gasteiger partial charge in [0.25, 0.3) is 0 Å². The second-order valence-corrected chi connectivity index (χ2v) is 15.6. The Morgan fingerprint density at radius 3 is 1.38 bits per heavy atom. The third kappa shape index (κ3) is 4.07. The summed E-state index contributed by atoms with van der Waals surface area (Å²) in [5.74, 6) is 0. The summed E-state index contributed by atoms with van der Waals surface area (Å²) < 4.78 is 11.6. The molecule has 0 spiro atoms. The van der Waals surface area contributed by atoms with E-state index in [-0.39, 0.29) is 0 Å². The molecule has 0 amide bonds. The van der Waals surface area contributed by atoms with Crippen molar-refractivity contribution in [3.8, 4) is 22.5 Å². The molecule has 0 fully saturated rings. The second kappa shape index (κ2) is 11.7. The molecule has 0 radical (unpaired) electrons. The number of nitrogens with zero attached hydrogens (tertiary/aromatic N) is 2. The van der Waals surface area contributed by atoms with Crippen LogP contribution in [0.15, 0.2) is 211 Å². The van der Waals surface area contributed by atoms with E-state index in [1.807, 2.05) is 0 Å². The van der Waals surface area contributed by atoms with Crippen LogP contribution in [-0.4, -0.2) is 9.13 Å². The number of hydrogen-bond donors (Lipinski definition) is 0. The molecule has 0 bridgehead atoms. The number of fused-ring (bicyclic) bond motifs is 13. The number of rotatable bonds is 4. The molecule has 3 nitrogen and oxygen atoms in total. The van der Waals surface area contributed by atoms with E-state index < -0.39 is 5.41 Å². The molecule has 0 atom stereocenters. The first kappa shape index (κ1) is 31.6. The molecule has 270 valence electrons. The lowest BCUT2D eigenvalue weighted by atomic mass is 9.67. The van der Waals surface area contributed by atoms with Crippen molar-refractivity contribution in [1.82, 2.24) is 9.13 Å². The van der Waals surface area contributed by atoms with E-state index in [0.717, 1.165) is 44.3 Å². The average molecular weight is 739 g/mol. The van der Waals surface area contributed by atoms with Gasteiger partial charge in [-0.2, -0.15) is 0 Å². The first-order valence-electron chi connectivity index (χ1n) is 20.0.